The summed E-state index contributed by atoms with van der Waals surface area (Å²) in [5.74, 6) is 0.920. The van der Waals surface area contributed by atoms with Gasteiger partial charge in [-0.3, -0.25) is 4.79 Å². The predicted molar refractivity (Wildman–Crippen MR) is 48.9 cm³/mol. The van der Waals surface area contributed by atoms with Crippen LogP contribution in [-0.2, 0) is 4.79 Å². The summed E-state index contributed by atoms with van der Waals surface area (Å²) >= 11 is 0. The second-order valence-corrected chi connectivity index (χ2v) is 3.62. The van der Waals surface area contributed by atoms with Gasteiger partial charge in [0, 0.05) is 13.1 Å². The number of nitrogens with zero attached hydrogens (tertiary/aromatic N) is 1. The molecule has 0 radical (unpaired) electrons. The number of hydrogen-bond acceptors (Lipinski definition) is 2. The van der Waals surface area contributed by atoms with Crippen molar-refractivity contribution in [2.24, 2.45) is 5.92 Å². The second kappa shape index (κ2) is 4.45. The molecule has 0 aromatic rings. The number of nitrogens with one attached hydrogen (secondary N) is 1. The molecule has 1 aliphatic rings. The third-order valence-electron chi connectivity index (χ3n) is 2.34. The van der Waals surface area contributed by atoms with Gasteiger partial charge in [-0.15, -0.1) is 0 Å². The molecule has 3 nitrogen and oxygen atoms in total. The van der Waals surface area contributed by atoms with Crippen LogP contribution in [0, 0.1) is 5.92 Å². The zero-order valence-electron chi connectivity index (χ0n) is 7.97. The van der Waals surface area contributed by atoms with E-state index < -0.39 is 0 Å². The van der Waals surface area contributed by atoms with Gasteiger partial charge in [-0.2, -0.15) is 0 Å². The number of rotatable bonds is 2. The SMILES string of the molecule is CNCC(=O)N1CCCC(C)C1. The van der Waals surface area contributed by atoms with E-state index in [0.29, 0.717) is 12.5 Å². The van der Waals surface area contributed by atoms with Crippen molar-refractivity contribution in [2.75, 3.05) is 26.7 Å². The number of likely N-dealkylation sites (tertiary alicyclic amines) is 1. The maximum absolute atomic E-state index is 11.4. The lowest BCUT2D eigenvalue weighted by atomic mass is 10.0. The maximum Gasteiger partial charge on any atom is 0.236 e. The highest BCUT2D eigenvalue weighted by Gasteiger charge is 2.19. The number of amides is 1. The Labute approximate surface area is 74.1 Å². The smallest absolute Gasteiger partial charge is 0.236 e. The van der Waals surface area contributed by atoms with Crippen LogP contribution in [0.15, 0.2) is 0 Å². The van der Waals surface area contributed by atoms with Crippen molar-refractivity contribution in [1.82, 2.24) is 10.2 Å². The van der Waals surface area contributed by atoms with E-state index in [4.69, 9.17) is 0 Å². The Balaban J connectivity index is 2.35. The molecule has 1 amide bonds. The molecule has 1 aliphatic heterocycles. The lowest BCUT2D eigenvalue weighted by molar-refractivity contribution is -0.131. The van der Waals surface area contributed by atoms with Crippen molar-refractivity contribution >= 4 is 5.91 Å². The van der Waals surface area contributed by atoms with Gasteiger partial charge in [0.15, 0.2) is 0 Å². The molecule has 12 heavy (non-hydrogen) atoms. The van der Waals surface area contributed by atoms with Crippen LogP contribution < -0.4 is 5.32 Å². The van der Waals surface area contributed by atoms with Gasteiger partial charge in [0.1, 0.15) is 0 Å². The molecule has 0 saturated carbocycles. The fourth-order valence-electron chi connectivity index (χ4n) is 1.68. The van der Waals surface area contributed by atoms with E-state index in [9.17, 15) is 4.79 Å². The first-order valence-corrected chi connectivity index (χ1v) is 4.66. The average Bonchev–Trinajstić information content (AvgIpc) is 2.05. The molecule has 0 aliphatic carbocycles. The summed E-state index contributed by atoms with van der Waals surface area (Å²) in [4.78, 5) is 13.4. The summed E-state index contributed by atoms with van der Waals surface area (Å²) in [5.41, 5.74) is 0. The summed E-state index contributed by atoms with van der Waals surface area (Å²) in [7, 11) is 1.81. The van der Waals surface area contributed by atoms with Crippen molar-refractivity contribution in [1.29, 1.82) is 0 Å². The Kier molecular flexibility index (Phi) is 3.53. The summed E-state index contributed by atoms with van der Waals surface area (Å²) in [5, 5.41) is 2.89. The standard InChI is InChI=1S/C9H18N2O/c1-8-4-3-5-11(7-8)9(12)6-10-2/h8,10H,3-7H2,1-2H3. The predicted octanol–water partition coefficient (Wildman–Crippen LogP) is 0.464. The fraction of sp³-hybridized carbons (Fsp3) is 0.889. The van der Waals surface area contributed by atoms with Crippen LogP contribution in [0.1, 0.15) is 19.8 Å². The molecule has 1 saturated heterocycles. The Morgan fingerprint density at radius 3 is 3.00 bits per heavy atom. The number of likely N-dealkylation sites (N-methyl/N-ethyl adjacent to an activating group) is 1. The first kappa shape index (κ1) is 9.52. The van der Waals surface area contributed by atoms with Gasteiger partial charge in [-0.05, 0) is 25.8 Å². The number of carbonyl (C=O) groups is 1. The molecule has 0 bridgehead atoms. The van der Waals surface area contributed by atoms with Gasteiger partial charge in [-0.25, -0.2) is 0 Å². The van der Waals surface area contributed by atoms with Gasteiger partial charge < -0.3 is 10.2 Å². The van der Waals surface area contributed by atoms with E-state index in [2.05, 4.69) is 12.2 Å². The van der Waals surface area contributed by atoms with Crippen LogP contribution in [-0.4, -0.2) is 37.5 Å². The minimum Gasteiger partial charge on any atom is -0.341 e. The van der Waals surface area contributed by atoms with Crippen molar-refractivity contribution in [3.63, 3.8) is 0 Å². The molecule has 0 aromatic heterocycles. The molecule has 70 valence electrons. The van der Waals surface area contributed by atoms with E-state index in [1.165, 1.54) is 6.42 Å². The minimum absolute atomic E-state index is 0.240. The highest BCUT2D eigenvalue weighted by Crippen LogP contribution is 2.14. The van der Waals surface area contributed by atoms with E-state index in [-0.39, 0.29) is 5.91 Å². The molecule has 1 unspecified atom stereocenters. The number of piperidine rings is 1. The summed E-state index contributed by atoms with van der Waals surface area (Å²) in [6, 6.07) is 0. The fourth-order valence-corrected chi connectivity index (χ4v) is 1.68. The average molecular weight is 170 g/mol. The van der Waals surface area contributed by atoms with E-state index in [1.807, 2.05) is 11.9 Å². The number of carbonyl (C=O) groups excluding carboxylic acids is 1. The molecular formula is C9H18N2O. The van der Waals surface area contributed by atoms with Crippen LogP contribution in [0.3, 0.4) is 0 Å². The Hall–Kier alpha value is -0.570. The van der Waals surface area contributed by atoms with Crippen LogP contribution in [0.25, 0.3) is 0 Å². The van der Waals surface area contributed by atoms with Crippen LogP contribution in [0.2, 0.25) is 0 Å². The third-order valence-corrected chi connectivity index (χ3v) is 2.34. The Morgan fingerprint density at radius 2 is 2.42 bits per heavy atom. The van der Waals surface area contributed by atoms with E-state index in [1.54, 1.807) is 0 Å². The van der Waals surface area contributed by atoms with Crippen molar-refractivity contribution in [3.8, 4) is 0 Å². The normalized spacial score (nSPS) is 24.2. The van der Waals surface area contributed by atoms with E-state index >= 15 is 0 Å². The topological polar surface area (TPSA) is 32.3 Å². The van der Waals surface area contributed by atoms with Crippen molar-refractivity contribution in [2.45, 2.75) is 19.8 Å². The molecule has 1 rings (SSSR count). The lowest BCUT2D eigenvalue weighted by Crippen LogP contribution is -2.42. The van der Waals surface area contributed by atoms with Gasteiger partial charge in [0.05, 0.1) is 6.54 Å². The highest BCUT2D eigenvalue weighted by molar-refractivity contribution is 5.78. The summed E-state index contributed by atoms with van der Waals surface area (Å²) in [6.07, 6.45) is 2.43. The minimum atomic E-state index is 0.240. The molecule has 0 spiro atoms. The highest BCUT2D eigenvalue weighted by atomic mass is 16.2. The lowest BCUT2D eigenvalue weighted by Gasteiger charge is -2.30. The zero-order chi connectivity index (χ0) is 8.97. The molecule has 3 heteroatoms. The first-order chi connectivity index (χ1) is 5.74. The first-order valence-electron chi connectivity index (χ1n) is 4.66. The molecule has 1 heterocycles. The quantitative estimate of drug-likeness (QED) is 0.653. The summed E-state index contributed by atoms with van der Waals surface area (Å²) in [6.45, 7) is 4.58. The van der Waals surface area contributed by atoms with Gasteiger partial charge in [0.25, 0.3) is 0 Å². The molecule has 1 N–H and O–H groups in total. The Morgan fingerprint density at radius 1 is 1.67 bits per heavy atom. The molecule has 1 atom stereocenters. The van der Waals surface area contributed by atoms with Crippen molar-refractivity contribution in [3.05, 3.63) is 0 Å². The van der Waals surface area contributed by atoms with Crippen LogP contribution in [0.4, 0.5) is 0 Å². The third kappa shape index (κ3) is 2.48. The maximum atomic E-state index is 11.4. The van der Waals surface area contributed by atoms with Crippen LogP contribution in [0.5, 0.6) is 0 Å². The van der Waals surface area contributed by atoms with Gasteiger partial charge in [-0.1, -0.05) is 6.92 Å². The van der Waals surface area contributed by atoms with Crippen molar-refractivity contribution < 1.29 is 4.79 Å². The van der Waals surface area contributed by atoms with Gasteiger partial charge in [0.2, 0.25) is 5.91 Å². The molecule has 0 aromatic carbocycles. The van der Waals surface area contributed by atoms with Crippen LogP contribution >= 0.6 is 0 Å². The number of hydrogen-bond donors (Lipinski definition) is 1. The Bertz CT molecular complexity index is 159. The molecule has 1 fully saturated rings. The second-order valence-electron chi connectivity index (χ2n) is 3.62. The molecular weight excluding hydrogens is 152 g/mol. The monoisotopic (exact) mass is 170 g/mol. The largest absolute Gasteiger partial charge is 0.341 e. The van der Waals surface area contributed by atoms with E-state index in [0.717, 1.165) is 19.5 Å². The zero-order valence-corrected chi connectivity index (χ0v) is 7.97. The van der Waals surface area contributed by atoms with Gasteiger partial charge >= 0.3 is 0 Å². The summed E-state index contributed by atoms with van der Waals surface area (Å²) < 4.78 is 0.